The number of Topliss-reactive ketones (excluding diaryl/α,β-unsaturated/α-hetero) is 1. The minimum Gasteiger partial charge on any atom is -0.299 e. The molecule has 0 radical (unpaired) electrons. The molecule has 1 aliphatic heterocycles. The molecule has 158 valence electrons. The van der Waals surface area contributed by atoms with Crippen LogP contribution in [-0.2, 0) is 19.4 Å². The zero-order valence-corrected chi connectivity index (χ0v) is 19.1. The third kappa shape index (κ3) is 4.84. The van der Waals surface area contributed by atoms with E-state index < -0.39 is 0 Å². The zero-order chi connectivity index (χ0) is 20.9. The lowest BCUT2D eigenvalue weighted by Crippen LogP contribution is -2.33. The predicted molar refractivity (Wildman–Crippen MR) is 129 cm³/mol. The molecule has 1 fully saturated rings. The molecule has 0 amide bonds. The van der Waals surface area contributed by atoms with Crippen LogP contribution in [0.1, 0.15) is 65.9 Å². The summed E-state index contributed by atoms with van der Waals surface area (Å²) in [6.07, 6.45) is 6.15. The van der Waals surface area contributed by atoms with Gasteiger partial charge in [-0.15, -0.1) is 11.3 Å². The number of aryl methyl sites for hydroxylation is 2. The van der Waals surface area contributed by atoms with Crippen molar-refractivity contribution in [2.24, 2.45) is 5.92 Å². The number of fused-ring (bicyclic) bond motifs is 1. The van der Waals surface area contributed by atoms with Gasteiger partial charge in [0.1, 0.15) is 0 Å². The van der Waals surface area contributed by atoms with Crippen LogP contribution in [0, 0.1) is 5.92 Å². The molecule has 2 aromatic carbocycles. The van der Waals surface area contributed by atoms with E-state index in [1.54, 1.807) is 11.3 Å². The summed E-state index contributed by atoms with van der Waals surface area (Å²) in [5, 5.41) is 1.31. The molecule has 0 aliphatic carbocycles. The largest absolute Gasteiger partial charge is 0.299 e. The normalized spacial score (nSPS) is 15.7. The van der Waals surface area contributed by atoms with E-state index in [9.17, 15) is 4.79 Å². The molecule has 0 unspecified atom stereocenters. The van der Waals surface area contributed by atoms with Crippen LogP contribution in [-0.4, -0.2) is 23.8 Å². The van der Waals surface area contributed by atoms with Crippen molar-refractivity contribution in [2.75, 3.05) is 13.1 Å². The lowest BCUT2D eigenvalue weighted by atomic mass is 9.90. The van der Waals surface area contributed by atoms with E-state index in [0.717, 1.165) is 43.8 Å². The Kier molecular flexibility index (Phi) is 7.01. The Bertz CT molecular complexity index is 983. The summed E-state index contributed by atoms with van der Waals surface area (Å²) in [6.45, 7) is 7.72. The van der Waals surface area contributed by atoms with Crippen LogP contribution < -0.4 is 0 Å². The molecule has 3 aromatic rings. The molecule has 0 bridgehead atoms. The van der Waals surface area contributed by atoms with Gasteiger partial charge in [-0.05, 0) is 79.3 Å². The second-order valence-corrected chi connectivity index (χ2v) is 9.67. The fourth-order valence-electron chi connectivity index (χ4n) is 4.72. The summed E-state index contributed by atoms with van der Waals surface area (Å²) in [5.41, 5.74) is 4.03. The Labute approximate surface area is 184 Å². The first-order valence-electron chi connectivity index (χ1n) is 11.5. The standard InChI is InChI=1S/C27H33NOS/c1-3-20-11-13-26-24(18-20)23(4-2)27(30-26)25(29)12-10-21-14-16-28(17-15-21)19-22-8-6-5-7-9-22/h5-9,11,13,18,21H,3-4,10,12,14-17,19H2,1-2H3. The Hall–Kier alpha value is -1.97. The molecular formula is C27H33NOS. The summed E-state index contributed by atoms with van der Waals surface area (Å²) in [4.78, 5) is 16.7. The Balaban J connectivity index is 1.33. The van der Waals surface area contributed by atoms with Crippen LogP contribution in [0.3, 0.4) is 0 Å². The monoisotopic (exact) mass is 419 g/mol. The SMILES string of the molecule is CCc1ccc2sc(C(=O)CCC3CCN(Cc4ccccc4)CC3)c(CC)c2c1. The molecule has 0 saturated carbocycles. The number of piperidine rings is 1. The van der Waals surface area contributed by atoms with Gasteiger partial charge in [-0.25, -0.2) is 0 Å². The molecule has 2 nitrogen and oxygen atoms in total. The molecular weight excluding hydrogens is 386 g/mol. The van der Waals surface area contributed by atoms with Crippen molar-refractivity contribution in [1.29, 1.82) is 0 Å². The van der Waals surface area contributed by atoms with Gasteiger partial charge in [-0.1, -0.05) is 56.3 Å². The van der Waals surface area contributed by atoms with Crippen LogP contribution in [0.25, 0.3) is 10.1 Å². The molecule has 0 N–H and O–H groups in total. The number of benzene rings is 2. The fraction of sp³-hybridized carbons (Fsp3) is 0.444. The molecule has 4 rings (SSSR count). The highest BCUT2D eigenvalue weighted by Crippen LogP contribution is 2.34. The van der Waals surface area contributed by atoms with Crippen LogP contribution in [0.2, 0.25) is 0 Å². The fourth-order valence-corrected chi connectivity index (χ4v) is 5.96. The van der Waals surface area contributed by atoms with Gasteiger partial charge in [0.15, 0.2) is 5.78 Å². The van der Waals surface area contributed by atoms with Gasteiger partial charge < -0.3 is 0 Å². The molecule has 0 spiro atoms. The molecule has 1 saturated heterocycles. The van der Waals surface area contributed by atoms with Gasteiger partial charge in [0.25, 0.3) is 0 Å². The average molecular weight is 420 g/mol. The number of thiophene rings is 1. The van der Waals surface area contributed by atoms with E-state index in [2.05, 4.69) is 67.3 Å². The smallest absolute Gasteiger partial charge is 0.173 e. The summed E-state index contributed by atoms with van der Waals surface area (Å²) >= 11 is 1.71. The van der Waals surface area contributed by atoms with Crippen LogP contribution in [0.5, 0.6) is 0 Å². The summed E-state index contributed by atoms with van der Waals surface area (Å²) < 4.78 is 1.27. The Morgan fingerprint density at radius 3 is 2.47 bits per heavy atom. The van der Waals surface area contributed by atoms with Crippen molar-refractivity contribution in [3.05, 3.63) is 70.1 Å². The highest BCUT2D eigenvalue weighted by atomic mass is 32.1. The number of hydrogen-bond donors (Lipinski definition) is 0. The van der Waals surface area contributed by atoms with Gasteiger partial charge in [0.2, 0.25) is 0 Å². The Morgan fingerprint density at radius 1 is 1.00 bits per heavy atom. The van der Waals surface area contributed by atoms with Crippen LogP contribution in [0.15, 0.2) is 48.5 Å². The highest BCUT2D eigenvalue weighted by molar-refractivity contribution is 7.21. The first-order valence-corrected chi connectivity index (χ1v) is 12.3. The van der Waals surface area contributed by atoms with Gasteiger partial charge in [0.05, 0.1) is 4.88 Å². The van der Waals surface area contributed by atoms with E-state index in [0.29, 0.717) is 18.1 Å². The number of ketones is 1. The molecule has 0 atom stereocenters. The third-order valence-electron chi connectivity index (χ3n) is 6.61. The minimum absolute atomic E-state index is 0.359. The average Bonchev–Trinajstić information content (AvgIpc) is 3.17. The molecule has 1 aliphatic rings. The first kappa shape index (κ1) is 21.3. The lowest BCUT2D eigenvalue weighted by Gasteiger charge is -2.32. The van der Waals surface area contributed by atoms with Crippen LogP contribution in [0.4, 0.5) is 0 Å². The highest BCUT2D eigenvalue weighted by Gasteiger charge is 2.22. The maximum absolute atomic E-state index is 13.1. The maximum Gasteiger partial charge on any atom is 0.173 e. The van der Waals surface area contributed by atoms with Gasteiger partial charge in [0, 0.05) is 17.7 Å². The first-order chi connectivity index (χ1) is 14.7. The van der Waals surface area contributed by atoms with E-state index in [-0.39, 0.29) is 0 Å². The van der Waals surface area contributed by atoms with Crippen molar-refractivity contribution < 1.29 is 4.79 Å². The third-order valence-corrected chi connectivity index (χ3v) is 7.86. The minimum atomic E-state index is 0.359. The molecule has 2 heterocycles. The number of carbonyl (C=O) groups is 1. The molecule has 3 heteroatoms. The number of nitrogens with zero attached hydrogens (tertiary/aromatic N) is 1. The number of likely N-dealkylation sites (tertiary alicyclic amines) is 1. The van der Waals surface area contributed by atoms with Crippen molar-refractivity contribution in [3.63, 3.8) is 0 Å². The van der Waals surface area contributed by atoms with Crippen LogP contribution >= 0.6 is 11.3 Å². The maximum atomic E-state index is 13.1. The van der Waals surface area contributed by atoms with Gasteiger partial charge >= 0.3 is 0 Å². The zero-order valence-electron chi connectivity index (χ0n) is 18.3. The van der Waals surface area contributed by atoms with E-state index in [1.807, 2.05) is 0 Å². The summed E-state index contributed by atoms with van der Waals surface area (Å²) in [5.74, 6) is 1.05. The van der Waals surface area contributed by atoms with E-state index >= 15 is 0 Å². The Morgan fingerprint density at radius 2 is 1.77 bits per heavy atom. The quantitative estimate of drug-likeness (QED) is 0.370. The predicted octanol–water partition coefficient (Wildman–Crippen LogP) is 6.90. The second kappa shape index (κ2) is 9.89. The molecule has 30 heavy (non-hydrogen) atoms. The summed E-state index contributed by atoms with van der Waals surface area (Å²) in [6, 6.07) is 17.5. The van der Waals surface area contributed by atoms with Crippen molar-refractivity contribution >= 4 is 27.2 Å². The van der Waals surface area contributed by atoms with E-state index in [1.165, 1.54) is 39.6 Å². The number of rotatable bonds is 8. The van der Waals surface area contributed by atoms with Gasteiger partial charge in [-0.3, -0.25) is 9.69 Å². The summed E-state index contributed by atoms with van der Waals surface area (Å²) in [7, 11) is 0. The van der Waals surface area contributed by atoms with Crippen molar-refractivity contribution in [1.82, 2.24) is 4.90 Å². The van der Waals surface area contributed by atoms with Crippen molar-refractivity contribution in [3.8, 4) is 0 Å². The lowest BCUT2D eigenvalue weighted by molar-refractivity contribution is 0.0964. The van der Waals surface area contributed by atoms with E-state index in [4.69, 9.17) is 0 Å². The second-order valence-electron chi connectivity index (χ2n) is 8.61. The molecule has 1 aromatic heterocycles. The number of hydrogen-bond acceptors (Lipinski definition) is 3. The van der Waals surface area contributed by atoms with Crippen molar-refractivity contribution in [2.45, 2.75) is 58.9 Å². The van der Waals surface area contributed by atoms with Gasteiger partial charge in [-0.2, -0.15) is 0 Å². The topological polar surface area (TPSA) is 20.3 Å². The number of carbonyl (C=O) groups excluding carboxylic acids is 1.